The van der Waals surface area contributed by atoms with Crippen LogP contribution in [0.1, 0.15) is 0 Å². The van der Waals surface area contributed by atoms with E-state index in [2.05, 4.69) is 10.0 Å². The molecule has 15 heavy (non-hydrogen) atoms. The zero-order valence-corrected chi connectivity index (χ0v) is 8.09. The number of methoxy groups -OCH3 is 1. The lowest BCUT2D eigenvalue weighted by atomic mass is 9.99. The first-order chi connectivity index (χ1) is 7.11. The van der Waals surface area contributed by atoms with Gasteiger partial charge in [-0.25, -0.2) is 0 Å². The maximum absolute atomic E-state index is 9.47. The highest BCUT2D eigenvalue weighted by molar-refractivity contribution is 4.89. The van der Waals surface area contributed by atoms with Gasteiger partial charge in [0.2, 0.25) is 0 Å². The third-order valence-corrected chi connectivity index (χ3v) is 2.23. The highest BCUT2D eigenvalue weighted by Crippen LogP contribution is 2.21. The first-order valence-corrected chi connectivity index (χ1v) is 4.35. The minimum absolute atomic E-state index is 0.138. The molecule has 3 N–H and O–H groups in total. The maximum Gasteiger partial charge on any atom is 0.186 e. The Hall–Kier alpha value is -0.890. The summed E-state index contributed by atoms with van der Waals surface area (Å²) < 4.78 is 9.84. The van der Waals surface area contributed by atoms with Gasteiger partial charge in [0.25, 0.3) is 0 Å². The van der Waals surface area contributed by atoms with E-state index in [1.807, 2.05) is 0 Å². The van der Waals surface area contributed by atoms with E-state index in [9.17, 15) is 15.3 Å². The van der Waals surface area contributed by atoms with Gasteiger partial charge < -0.3 is 24.8 Å². The van der Waals surface area contributed by atoms with Crippen LogP contribution in [0.5, 0.6) is 0 Å². The number of nitrogens with zero attached hydrogens (tertiary/aromatic N) is 3. The van der Waals surface area contributed by atoms with E-state index in [-0.39, 0.29) is 6.54 Å². The van der Waals surface area contributed by atoms with Gasteiger partial charge in [-0.15, -0.1) is 0 Å². The number of ether oxygens (including phenoxy) is 2. The van der Waals surface area contributed by atoms with Gasteiger partial charge in [-0.3, -0.25) is 0 Å². The molecule has 1 fully saturated rings. The maximum atomic E-state index is 9.47. The second-order valence-corrected chi connectivity index (χ2v) is 3.16. The summed E-state index contributed by atoms with van der Waals surface area (Å²) in [4.78, 5) is 2.51. The van der Waals surface area contributed by atoms with Crippen molar-refractivity contribution in [2.24, 2.45) is 5.11 Å². The van der Waals surface area contributed by atoms with Gasteiger partial charge in [0.05, 0.1) is 12.6 Å². The first-order valence-electron chi connectivity index (χ1n) is 4.35. The lowest BCUT2D eigenvalue weighted by Gasteiger charge is -2.39. The van der Waals surface area contributed by atoms with Crippen molar-refractivity contribution in [1.29, 1.82) is 0 Å². The predicted molar refractivity (Wildman–Crippen MR) is 47.7 cm³/mol. The van der Waals surface area contributed by atoms with Crippen molar-refractivity contribution in [1.82, 2.24) is 0 Å². The Labute approximate surface area is 85.7 Å². The molecular formula is C7H13N3O5. The summed E-state index contributed by atoms with van der Waals surface area (Å²) in [5.41, 5.74) is 8.10. The second-order valence-electron chi connectivity index (χ2n) is 3.16. The summed E-state index contributed by atoms with van der Waals surface area (Å²) in [6, 6.07) is 0. The van der Waals surface area contributed by atoms with Gasteiger partial charge in [0.1, 0.15) is 18.3 Å². The Morgan fingerprint density at radius 3 is 2.53 bits per heavy atom. The van der Waals surface area contributed by atoms with Crippen molar-refractivity contribution in [2.45, 2.75) is 30.7 Å². The number of aliphatic hydroxyl groups excluding tert-OH is 3. The summed E-state index contributed by atoms with van der Waals surface area (Å²) in [6.07, 6.45) is -5.95. The van der Waals surface area contributed by atoms with Crippen molar-refractivity contribution in [2.75, 3.05) is 13.7 Å². The molecule has 1 aliphatic heterocycles. The van der Waals surface area contributed by atoms with Crippen LogP contribution < -0.4 is 0 Å². The van der Waals surface area contributed by atoms with E-state index in [1.54, 1.807) is 0 Å². The third kappa shape index (κ3) is 2.57. The number of azide groups is 1. The molecule has 0 saturated carbocycles. The summed E-state index contributed by atoms with van der Waals surface area (Å²) in [5.74, 6) is 0. The molecule has 8 nitrogen and oxygen atoms in total. The summed E-state index contributed by atoms with van der Waals surface area (Å²) in [7, 11) is 1.29. The molecule has 5 atom stereocenters. The van der Waals surface area contributed by atoms with Gasteiger partial charge in [-0.1, -0.05) is 5.11 Å². The molecule has 0 spiro atoms. The van der Waals surface area contributed by atoms with Crippen LogP contribution in [0, 0.1) is 0 Å². The lowest BCUT2D eigenvalue weighted by molar-refractivity contribution is -0.287. The van der Waals surface area contributed by atoms with Crippen LogP contribution in [0.3, 0.4) is 0 Å². The van der Waals surface area contributed by atoms with Gasteiger partial charge in [0.15, 0.2) is 6.29 Å². The Balaban J connectivity index is 2.69. The fourth-order valence-corrected chi connectivity index (χ4v) is 1.38. The number of hydrogen-bond donors (Lipinski definition) is 3. The molecule has 86 valence electrons. The van der Waals surface area contributed by atoms with Gasteiger partial charge >= 0.3 is 0 Å². The topological polar surface area (TPSA) is 128 Å². The average molecular weight is 219 g/mol. The van der Waals surface area contributed by atoms with Crippen LogP contribution >= 0.6 is 0 Å². The van der Waals surface area contributed by atoms with Crippen LogP contribution in [0.4, 0.5) is 0 Å². The molecule has 0 amide bonds. The van der Waals surface area contributed by atoms with Crippen LogP contribution in [0.25, 0.3) is 10.4 Å². The van der Waals surface area contributed by atoms with E-state index in [1.165, 1.54) is 7.11 Å². The van der Waals surface area contributed by atoms with Crippen molar-refractivity contribution < 1.29 is 24.8 Å². The minimum atomic E-state index is -1.39. The molecule has 0 aromatic rings. The zero-order valence-electron chi connectivity index (χ0n) is 8.09. The van der Waals surface area contributed by atoms with Crippen LogP contribution in [-0.4, -0.2) is 59.7 Å². The van der Waals surface area contributed by atoms with Gasteiger partial charge in [0, 0.05) is 12.0 Å². The molecule has 3 unspecified atom stereocenters. The third-order valence-electron chi connectivity index (χ3n) is 2.23. The number of hydrogen-bond acceptors (Lipinski definition) is 6. The normalized spacial score (nSPS) is 40.9. The van der Waals surface area contributed by atoms with Crippen molar-refractivity contribution >= 4 is 0 Å². The van der Waals surface area contributed by atoms with Crippen molar-refractivity contribution in [3.63, 3.8) is 0 Å². The van der Waals surface area contributed by atoms with E-state index in [4.69, 9.17) is 15.0 Å². The molecule has 1 rings (SSSR count). The Morgan fingerprint density at radius 1 is 1.33 bits per heavy atom. The fraction of sp³-hybridized carbons (Fsp3) is 1.00. The molecule has 0 aromatic carbocycles. The monoisotopic (exact) mass is 219 g/mol. The Kier molecular flexibility index (Phi) is 4.28. The molecular weight excluding hydrogens is 206 g/mol. The molecule has 0 bridgehead atoms. The molecule has 0 aliphatic carbocycles. The highest BCUT2D eigenvalue weighted by atomic mass is 16.7. The smallest absolute Gasteiger partial charge is 0.186 e. The summed E-state index contributed by atoms with van der Waals surface area (Å²) >= 11 is 0. The quantitative estimate of drug-likeness (QED) is 0.310. The Bertz CT molecular complexity index is 255. The minimum Gasteiger partial charge on any atom is -0.388 e. The van der Waals surface area contributed by atoms with Crippen molar-refractivity contribution in [3.05, 3.63) is 10.4 Å². The average Bonchev–Trinajstić information content (AvgIpc) is 2.25. The van der Waals surface area contributed by atoms with Crippen LogP contribution in [0.15, 0.2) is 5.11 Å². The molecule has 8 heteroatoms. The number of rotatable bonds is 3. The second kappa shape index (κ2) is 5.26. The molecule has 1 heterocycles. The molecule has 1 saturated heterocycles. The molecule has 1 aliphatic rings. The highest BCUT2D eigenvalue weighted by Gasteiger charge is 2.43. The zero-order chi connectivity index (χ0) is 11.4. The van der Waals surface area contributed by atoms with Gasteiger partial charge in [-0.05, 0) is 5.53 Å². The van der Waals surface area contributed by atoms with E-state index < -0.39 is 30.7 Å². The Morgan fingerprint density at radius 2 is 2.00 bits per heavy atom. The largest absolute Gasteiger partial charge is 0.388 e. The van der Waals surface area contributed by atoms with E-state index >= 15 is 0 Å². The summed E-state index contributed by atoms with van der Waals surface area (Å²) in [6.45, 7) is -0.138. The van der Waals surface area contributed by atoms with Crippen molar-refractivity contribution in [3.8, 4) is 0 Å². The number of aliphatic hydroxyl groups is 3. The first kappa shape index (κ1) is 12.2. The van der Waals surface area contributed by atoms with Gasteiger partial charge in [-0.2, -0.15) is 0 Å². The van der Waals surface area contributed by atoms with Crippen LogP contribution in [0.2, 0.25) is 0 Å². The van der Waals surface area contributed by atoms with E-state index in [0.717, 1.165) is 0 Å². The summed E-state index contributed by atoms with van der Waals surface area (Å²) in [5, 5.41) is 31.5. The standard InChI is InChI=1S/C7H13N3O5/c1-14-7-6(13)5(12)4(11)3(15-7)2-9-10-8/h3-7,11-13H,2H2,1H3/t3-,4?,5?,6+,7?/m1/s1. The van der Waals surface area contributed by atoms with Crippen LogP contribution in [-0.2, 0) is 9.47 Å². The lowest BCUT2D eigenvalue weighted by Crippen LogP contribution is -2.58. The fourth-order valence-electron chi connectivity index (χ4n) is 1.38. The SMILES string of the molecule is COC1O[C@H](CN=[N+]=[N-])C(O)C(O)[C@@H]1O. The predicted octanol–water partition coefficient (Wildman–Crippen LogP) is -1.25. The molecule has 0 radical (unpaired) electrons. The van der Waals surface area contributed by atoms with E-state index in [0.29, 0.717) is 0 Å². The molecule has 0 aromatic heterocycles.